The number of aryl methyl sites for hydroxylation is 2. The van der Waals surface area contributed by atoms with Crippen molar-refractivity contribution in [3.05, 3.63) is 89.5 Å². The molecular weight excluding hydrogens is 445 g/mol. The van der Waals surface area contributed by atoms with Gasteiger partial charge in [-0.1, -0.05) is 18.2 Å². The second-order valence-corrected chi connectivity index (χ2v) is 9.24. The molecule has 1 aromatic heterocycles. The number of ether oxygens (including phenoxy) is 1. The molecule has 5 rings (SSSR count). The number of rotatable bonds is 7. The van der Waals surface area contributed by atoms with E-state index in [4.69, 9.17) is 9.72 Å². The Labute approximate surface area is 203 Å². The number of hydrogen-bond donors (Lipinski definition) is 1. The van der Waals surface area contributed by atoms with E-state index in [-0.39, 0.29) is 24.2 Å². The van der Waals surface area contributed by atoms with Gasteiger partial charge in [0.05, 0.1) is 17.6 Å². The molecular formula is C28H28FN3O3. The summed E-state index contributed by atoms with van der Waals surface area (Å²) in [6, 6.07) is 19.7. The minimum Gasteiger partial charge on any atom is -0.491 e. The first-order valence-electron chi connectivity index (χ1n) is 11.8. The van der Waals surface area contributed by atoms with E-state index in [1.54, 1.807) is 17.0 Å². The lowest BCUT2D eigenvalue weighted by Crippen LogP contribution is -2.26. The Kier molecular flexibility index (Phi) is 6.26. The highest BCUT2D eigenvalue weighted by molar-refractivity contribution is 5.96. The highest BCUT2D eigenvalue weighted by Gasteiger charge is 2.35. The van der Waals surface area contributed by atoms with Gasteiger partial charge in [-0.3, -0.25) is 4.79 Å². The zero-order chi connectivity index (χ0) is 24.5. The lowest BCUT2D eigenvalue weighted by Gasteiger charge is -2.19. The minimum atomic E-state index is -0.766. The predicted molar refractivity (Wildman–Crippen MR) is 133 cm³/mol. The smallest absolute Gasteiger partial charge is 0.227 e. The normalized spacial score (nSPS) is 16.7. The van der Waals surface area contributed by atoms with Crippen molar-refractivity contribution in [2.24, 2.45) is 0 Å². The largest absolute Gasteiger partial charge is 0.491 e. The van der Waals surface area contributed by atoms with Gasteiger partial charge < -0.3 is 19.3 Å². The fraction of sp³-hybridized carbons (Fsp3) is 0.286. The van der Waals surface area contributed by atoms with E-state index < -0.39 is 6.10 Å². The average molecular weight is 474 g/mol. The summed E-state index contributed by atoms with van der Waals surface area (Å²) < 4.78 is 21.2. The van der Waals surface area contributed by atoms with Crippen LogP contribution < -0.4 is 9.64 Å². The van der Waals surface area contributed by atoms with Crippen molar-refractivity contribution in [3.63, 3.8) is 0 Å². The summed E-state index contributed by atoms with van der Waals surface area (Å²) >= 11 is 0. The third-order valence-electron chi connectivity index (χ3n) is 6.34. The van der Waals surface area contributed by atoms with Gasteiger partial charge in [0, 0.05) is 24.6 Å². The highest BCUT2D eigenvalue weighted by atomic mass is 19.1. The summed E-state index contributed by atoms with van der Waals surface area (Å²) in [5.74, 6) is 0.977. The van der Waals surface area contributed by atoms with Gasteiger partial charge in [-0.15, -0.1) is 0 Å². The number of carbonyl (C=O) groups is 1. The second-order valence-electron chi connectivity index (χ2n) is 9.24. The molecule has 1 aliphatic heterocycles. The van der Waals surface area contributed by atoms with Crippen LogP contribution in [-0.2, 0) is 11.3 Å². The summed E-state index contributed by atoms with van der Waals surface area (Å²) in [5.41, 5.74) is 4.60. The lowest BCUT2D eigenvalue weighted by molar-refractivity contribution is -0.117. The summed E-state index contributed by atoms with van der Waals surface area (Å²) in [4.78, 5) is 19.3. The number of hydrogen-bond acceptors (Lipinski definition) is 4. The third kappa shape index (κ3) is 4.91. The molecule has 0 aliphatic carbocycles. The Morgan fingerprint density at radius 1 is 1.09 bits per heavy atom. The number of anilines is 1. The van der Waals surface area contributed by atoms with E-state index in [0.717, 1.165) is 33.7 Å². The van der Waals surface area contributed by atoms with Gasteiger partial charge in [0.1, 0.15) is 30.1 Å². The van der Waals surface area contributed by atoms with Crippen LogP contribution >= 0.6 is 0 Å². The maximum Gasteiger partial charge on any atom is 0.227 e. The third-order valence-corrected chi connectivity index (χ3v) is 6.34. The van der Waals surface area contributed by atoms with Gasteiger partial charge in [-0.05, 0) is 73.5 Å². The van der Waals surface area contributed by atoms with Gasteiger partial charge in [0.2, 0.25) is 5.91 Å². The Hall–Kier alpha value is -3.71. The number of aliphatic hydroxyl groups excluding tert-OH is 1. The van der Waals surface area contributed by atoms with Crippen molar-refractivity contribution >= 4 is 22.6 Å². The van der Waals surface area contributed by atoms with Crippen LogP contribution in [-0.4, -0.2) is 39.8 Å². The molecule has 0 bridgehead atoms. The molecule has 1 saturated heterocycles. The van der Waals surface area contributed by atoms with Crippen LogP contribution in [0.25, 0.3) is 11.0 Å². The lowest BCUT2D eigenvalue weighted by atomic mass is 10.1. The first-order chi connectivity index (χ1) is 16.9. The van der Waals surface area contributed by atoms with Crippen LogP contribution in [0.1, 0.15) is 29.3 Å². The predicted octanol–water partition coefficient (Wildman–Crippen LogP) is 4.75. The highest BCUT2D eigenvalue weighted by Crippen LogP contribution is 2.33. The summed E-state index contributed by atoms with van der Waals surface area (Å²) in [6.45, 7) is 4.90. The monoisotopic (exact) mass is 473 g/mol. The van der Waals surface area contributed by atoms with E-state index in [1.165, 1.54) is 12.1 Å². The first kappa shape index (κ1) is 23.1. The zero-order valence-corrected chi connectivity index (χ0v) is 19.8. The molecule has 0 saturated carbocycles. The van der Waals surface area contributed by atoms with E-state index in [9.17, 15) is 14.3 Å². The molecule has 3 aromatic carbocycles. The molecule has 0 radical (unpaired) electrons. The van der Waals surface area contributed by atoms with Gasteiger partial charge in [0.15, 0.2) is 0 Å². The molecule has 1 N–H and O–H groups in total. The number of para-hydroxylation sites is 2. The number of amides is 1. The van der Waals surface area contributed by atoms with Crippen LogP contribution in [0.3, 0.4) is 0 Å². The number of nitrogens with zero attached hydrogens (tertiary/aromatic N) is 3. The Bertz CT molecular complexity index is 1350. The molecule has 0 unspecified atom stereocenters. The summed E-state index contributed by atoms with van der Waals surface area (Å²) in [5, 5.41) is 10.9. The van der Waals surface area contributed by atoms with Crippen molar-refractivity contribution in [2.45, 2.75) is 38.8 Å². The maximum absolute atomic E-state index is 13.4. The van der Waals surface area contributed by atoms with Crippen LogP contribution in [0.2, 0.25) is 0 Å². The Balaban J connectivity index is 1.37. The summed E-state index contributed by atoms with van der Waals surface area (Å²) in [7, 11) is 0. The number of halogens is 1. The van der Waals surface area contributed by atoms with Crippen molar-refractivity contribution in [1.29, 1.82) is 0 Å². The van der Waals surface area contributed by atoms with Crippen molar-refractivity contribution in [1.82, 2.24) is 9.55 Å². The van der Waals surface area contributed by atoms with E-state index >= 15 is 0 Å². The van der Waals surface area contributed by atoms with Gasteiger partial charge >= 0.3 is 0 Å². The summed E-state index contributed by atoms with van der Waals surface area (Å²) in [6.07, 6.45) is -0.465. The average Bonchev–Trinajstić information content (AvgIpc) is 3.38. The molecule has 1 aliphatic rings. The molecule has 35 heavy (non-hydrogen) atoms. The minimum absolute atomic E-state index is 0.0288. The number of aromatic nitrogens is 2. The maximum atomic E-state index is 13.4. The van der Waals surface area contributed by atoms with E-state index in [0.29, 0.717) is 25.2 Å². The Morgan fingerprint density at radius 3 is 2.54 bits per heavy atom. The van der Waals surface area contributed by atoms with Crippen LogP contribution in [0.5, 0.6) is 5.75 Å². The molecule has 7 heteroatoms. The standard InChI is InChI=1S/C28H28FN3O3/c1-18-11-19(2)13-24(12-18)35-17-23(33)16-32-26-6-4-3-5-25(26)30-28(32)20-14-27(34)31(15-20)22-9-7-21(29)8-10-22/h3-13,20,23,33H,14-17H2,1-2H3/t20-,23-/m1/s1. The number of benzene rings is 3. The number of aliphatic hydroxyl groups is 1. The number of imidazole rings is 1. The Morgan fingerprint density at radius 2 is 1.80 bits per heavy atom. The van der Waals surface area contributed by atoms with Crippen molar-refractivity contribution in [3.8, 4) is 5.75 Å². The van der Waals surface area contributed by atoms with Gasteiger partial charge in [0.25, 0.3) is 0 Å². The molecule has 4 aromatic rings. The fourth-order valence-electron chi connectivity index (χ4n) is 4.82. The number of carbonyl (C=O) groups excluding carboxylic acids is 1. The van der Waals surface area contributed by atoms with Gasteiger partial charge in [-0.25, -0.2) is 9.37 Å². The zero-order valence-electron chi connectivity index (χ0n) is 19.8. The topological polar surface area (TPSA) is 67.6 Å². The van der Waals surface area contributed by atoms with Crippen LogP contribution in [0, 0.1) is 19.7 Å². The molecule has 0 spiro atoms. The second kappa shape index (κ2) is 9.50. The number of fused-ring (bicyclic) bond motifs is 1. The molecule has 6 nitrogen and oxygen atoms in total. The SMILES string of the molecule is Cc1cc(C)cc(OC[C@H](O)Cn2c([C@@H]3CC(=O)N(c4ccc(F)cc4)C3)nc3ccccc32)c1. The molecule has 2 heterocycles. The molecule has 1 fully saturated rings. The van der Waals surface area contributed by atoms with Crippen LogP contribution in [0.4, 0.5) is 10.1 Å². The molecule has 1 amide bonds. The fourth-order valence-corrected chi connectivity index (χ4v) is 4.82. The van der Waals surface area contributed by atoms with Gasteiger partial charge in [-0.2, -0.15) is 0 Å². The van der Waals surface area contributed by atoms with E-state index in [1.807, 2.05) is 54.8 Å². The molecule has 2 atom stereocenters. The molecule has 180 valence electrons. The van der Waals surface area contributed by atoms with Crippen molar-refractivity contribution < 1.29 is 19.0 Å². The first-order valence-corrected chi connectivity index (χ1v) is 11.8. The van der Waals surface area contributed by atoms with Crippen LogP contribution in [0.15, 0.2) is 66.7 Å². The quantitative estimate of drug-likeness (QED) is 0.421. The van der Waals surface area contributed by atoms with E-state index in [2.05, 4.69) is 6.07 Å². The van der Waals surface area contributed by atoms with Crippen molar-refractivity contribution in [2.75, 3.05) is 18.1 Å².